The quantitative estimate of drug-likeness (QED) is 0.856. The van der Waals surface area contributed by atoms with E-state index in [1.165, 1.54) is 38.3 Å². The van der Waals surface area contributed by atoms with E-state index in [0.717, 1.165) is 13.0 Å². The van der Waals surface area contributed by atoms with Crippen LogP contribution in [0.3, 0.4) is 0 Å². The van der Waals surface area contributed by atoms with Crippen molar-refractivity contribution in [2.45, 2.75) is 13.3 Å². The molecule has 1 aromatic rings. The summed E-state index contributed by atoms with van der Waals surface area (Å²) in [6.07, 6.45) is 1.03. The van der Waals surface area contributed by atoms with Gasteiger partial charge in [0.1, 0.15) is 5.75 Å². The Morgan fingerprint density at radius 1 is 1.12 bits per heavy atom. The first-order chi connectivity index (χ1) is 8.28. The number of hydrogen-bond acceptors (Lipinski definition) is 3. The number of likely N-dealkylation sites (N-methyl/N-ethyl adjacent to an activating group) is 1. The van der Waals surface area contributed by atoms with Gasteiger partial charge >= 0.3 is 0 Å². The Labute approximate surface area is 104 Å². The Kier molecular flexibility index (Phi) is 4.40. The largest absolute Gasteiger partial charge is 0.508 e. The van der Waals surface area contributed by atoms with Gasteiger partial charge in [-0.1, -0.05) is 19.1 Å². The predicted octanol–water partition coefficient (Wildman–Crippen LogP) is 1.57. The van der Waals surface area contributed by atoms with Gasteiger partial charge in [-0.2, -0.15) is 0 Å². The molecule has 1 aliphatic rings. The summed E-state index contributed by atoms with van der Waals surface area (Å²) in [4.78, 5) is 5.00. The smallest absolute Gasteiger partial charge is 0.115 e. The summed E-state index contributed by atoms with van der Waals surface area (Å²) in [6, 6.07) is 7.59. The first-order valence-electron chi connectivity index (χ1n) is 6.50. The van der Waals surface area contributed by atoms with Crippen molar-refractivity contribution in [3.05, 3.63) is 29.8 Å². The Morgan fingerprint density at radius 3 is 2.47 bits per heavy atom. The molecule has 1 saturated heterocycles. The van der Waals surface area contributed by atoms with E-state index in [1.807, 2.05) is 12.1 Å². The maximum Gasteiger partial charge on any atom is 0.115 e. The molecule has 1 fully saturated rings. The fraction of sp³-hybridized carbons (Fsp3) is 0.571. The van der Waals surface area contributed by atoms with Gasteiger partial charge in [-0.25, -0.2) is 0 Å². The van der Waals surface area contributed by atoms with Crippen molar-refractivity contribution in [3.63, 3.8) is 0 Å². The summed E-state index contributed by atoms with van der Waals surface area (Å²) in [5, 5.41) is 9.40. The second kappa shape index (κ2) is 6.03. The molecule has 1 aliphatic heterocycles. The molecule has 1 aromatic carbocycles. The van der Waals surface area contributed by atoms with Gasteiger partial charge in [0.05, 0.1) is 0 Å². The highest BCUT2D eigenvalue weighted by molar-refractivity contribution is 5.27. The Bertz CT molecular complexity index is 346. The highest BCUT2D eigenvalue weighted by Gasteiger charge is 2.14. The van der Waals surface area contributed by atoms with Gasteiger partial charge in [-0.05, 0) is 30.7 Å². The molecule has 0 aliphatic carbocycles. The van der Waals surface area contributed by atoms with Gasteiger partial charge in [0.25, 0.3) is 0 Å². The van der Waals surface area contributed by atoms with Crippen LogP contribution < -0.4 is 0 Å². The summed E-state index contributed by atoms with van der Waals surface area (Å²) < 4.78 is 0. The SMILES string of the molecule is CCN1CCN(CCc2cccc(O)c2)CC1. The third-order valence-electron chi connectivity index (χ3n) is 3.54. The highest BCUT2D eigenvalue weighted by atomic mass is 16.3. The molecule has 2 rings (SSSR count). The fourth-order valence-electron chi connectivity index (χ4n) is 2.33. The lowest BCUT2D eigenvalue weighted by atomic mass is 10.1. The van der Waals surface area contributed by atoms with Crippen LogP contribution in [0.2, 0.25) is 0 Å². The standard InChI is InChI=1S/C14H22N2O/c1-2-15-8-10-16(11-9-15)7-6-13-4-3-5-14(17)12-13/h3-5,12,17H,2,6-11H2,1H3. The van der Waals surface area contributed by atoms with Gasteiger partial charge < -0.3 is 14.9 Å². The lowest BCUT2D eigenvalue weighted by molar-refractivity contribution is 0.138. The van der Waals surface area contributed by atoms with Crippen molar-refractivity contribution < 1.29 is 5.11 Å². The average molecular weight is 234 g/mol. The topological polar surface area (TPSA) is 26.7 Å². The molecule has 1 N–H and O–H groups in total. The molecule has 0 atom stereocenters. The van der Waals surface area contributed by atoms with Gasteiger partial charge in [-0.15, -0.1) is 0 Å². The van der Waals surface area contributed by atoms with Crippen LogP contribution in [0.1, 0.15) is 12.5 Å². The van der Waals surface area contributed by atoms with Gasteiger partial charge in [0.15, 0.2) is 0 Å². The molecular weight excluding hydrogens is 212 g/mol. The van der Waals surface area contributed by atoms with Crippen LogP contribution in [0.15, 0.2) is 24.3 Å². The van der Waals surface area contributed by atoms with Crippen LogP contribution in [0, 0.1) is 0 Å². The van der Waals surface area contributed by atoms with Crippen LogP contribution in [-0.2, 0) is 6.42 Å². The number of piperazine rings is 1. The number of nitrogens with zero attached hydrogens (tertiary/aromatic N) is 2. The molecule has 3 nitrogen and oxygen atoms in total. The highest BCUT2D eigenvalue weighted by Crippen LogP contribution is 2.12. The van der Waals surface area contributed by atoms with E-state index in [2.05, 4.69) is 22.8 Å². The minimum absolute atomic E-state index is 0.373. The molecule has 0 saturated carbocycles. The van der Waals surface area contributed by atoms with Gasteiger partial charge in [0.2, 0.25) is 0 Å². The van der Waals surface area contributed by atoms with E-state index < -0.39 is 0 Å². The maximum atomic E-state index is 9.40. The lowest BCUT2D eigenvalue weighted by Gasteiger charge is -2.34. The number of hydrogen-bond donors (Lipinski definition) is 1. The van der Waals surface area contributed by atoms with E-state index in [0.29, 0.717) is 5.75 Å². The minimum Gasteiger partial charge on any atom is -0.508 e. The van der Waals surface area contributed by atoms with Crippen LogP contribution >= 0.6 is 0 Å². The zero-order valence-corrected chi connectivity index (χ0v) is 10.6. The van der Waals surface area contributed by atoms with Crippen LogP contribution in [-0.4, -0.2) is 54.2 Å². The summed E-state index contributed by atoms with van der Waals surface area (Å²) in [5.74, 6) is 0.373. The van der Waals surface area contributed by atoms with E-state index in [-0.39, 0.29) is 0 Å². The number of rotatable bonds is 4. The molecule has 0 spiro atoms. The molecule has 0 radical (unpaired) electrons. The van der Waals surface area contributed by atoms with Crippen molar-refractivity contribution in [1.82, 2.24) is 9.80 Å². The van der Waals surface area contributed by atoms with E-state index in [9.17, 15) is 5.11 Å². The minimum atomic E-state index is 0.373. The number of phenols is 1. The first kappa shape index (κ1) is 12.4. The van der Waals surface area contributed by atoms with Crippen molar-refractivity contribution in [3.8, 4) is 5.75 Å². The number of phenolic OH excluding ortho intramolecular Hbond substituents is 1. The van der Waals surface area contributed by atoms with E-state index >= 15 is 0 Å². The second-order valence-corrected chi connectivity index (χ2v) is 4.70. The third-order valence-corrected chi connectivity index (χ3v) is 3.54. The van der Waals surface area contributed by atoms with Crippen LogP contribution in [0.5, 0.6) is 5.75 Å². The molecule has 0 amide bonds. The average Bonchev–Trinajstić information content (AvgIpc) is 2.37. The molecule has 3 heteroatoms. The van der Waals surface area contributed by atoms with Gasteiger partial charge in [-0.3, -0.25) is 0 Å². The van der Waals surface area contributed by atoms with Crippen molar-refractivity contribution >= 4 is 0 Å². The molecule has 94 valence electrons. The first-order valence-corrected chi connectivity index (χ1v) is 6.50. The predicted molar refractivity (Wildman–Crippen MR) is 70.4 cm³/mol. The molecule has 0 bridgehead atoms. The molecule has 0 aromatic heterocycles. The Morgan fingerprint density at radius 2 is 1.82 bits per heavy atom. The summed E-state index contributed by atoms with van der Waals surface area (Å²) in [5.41, 5.74) is 1.22. The Balaban J connectivity index is 1.76. The van der Waals surface area contributed by atoms with E-state index in [4.69, 9.17) is 0 Å². The summed E-state index contributed by atoms with van der Waals surface area (Å²) >= 11 is 0. The fourth-order valence-corrected chi connectivity index (χ4v) is 2.33. The van der Waals surface area contributed by atoms with Crippen molar-refractivity contribution in [2.75, 3.05) is 39.3 Å². The monoisotopic (exact) mass is 234 g/mol. The second-order valence-electron chi connectivity index (χ2n) is 4.70. The van der Waals surface area contributed by atoms with Crippen LogP contribution in [0.4, 0.5) is 0 Å². The van der Waals surface area contributed by atoms with Crippen molar-refractivity contribution in [2.24, 2.45) is 0 Å². The number of aromatic hydroxyl groups is 1. The molecule has 1 heterocycles. The molecular formula is C14H22N2O. The Hall–Kier alpha value is -1.06. The maximum absolute atomic E-state index is 9.40. The third kappa shape index (κ3) is 3.72. The normalized spacial score (nSPS) is 18.4. The van der Waals surface area contributed by atoms with Crippen LogP contribution in [0.25, 0.3) is 0 Å². The summed E-state index contributed by atoms with van der Waals surface area (Å²) in [7, 11) is 0. The lowest BCUT2D eigenvalue weighted by Crippen LogP contribution is -2.46. The van der Waals surface area contributed by atoms with Gasteiger partial charge in [0, 0.05) is 32.7 Å². The van der Waals surface area contributed by atoms with E-state index in [1.54, 1.807) is 6.07 Å². The van der Waals surface area contributed by atoms with Crippen molar-refractivity contribution in [1.29, 1.82) is 0 Å². The zero-order chi connectivity index (χ0) is 12.1. The molecule has 0 unspecified atom stereocenters. The zero-order valence-electron chi connectivity index (χ0n) is 10.6. The molecule has 17 heavy (non-hydrogen) atoms. The number of benzene rings is 1. The summed E-state index contributed by atoms with van der Waals surface area (Å²) in [6.45, 7) is 9.22.